The largest absolute Gasteiger partial charge is 0.223 e. The second-order valence-corrected chi connectivity index (χ2v) is 6.52. The molecule has 0 N–H and O–H groups in total. The van der Waals surface area contributed by atoms with Crippen molar-refractivity contribution in [2.75, 3.05) is 0 Å². The van der Waals surface area contributed by atoms with E-state index >= 15 is 0 Å². The Hall–Kier alpha value is -0.280. The third-order valence-corrected chi connectivity index (χ3v) is 2.69. The normalized spacial score (nSPS) is 12.3. The van der Waals surface area contributed by atoms with Crippen LogP contribution in [0.5, 0.6) is 0 Å². The van der Waals surface area contributed by atoms with Gasteiger partial charge >= 0.3 is 0 Å². The Bertz CT molecular complexity index is 311. The Kier molecular flexibility index (Phi) is 4.20. The van der Waals surface area contributed by atoms with E-state index in [1.165, 1.54) is 0 Å². The molecule has 0 unspecified atom stereocenters. The molecule has 0 aromatic heterocycles. The fourth-order valence-electron chi connectivity index (χ4n) is 0.794. The highest BCUT2D eigenvalue weighted by molar-refractivity contribution is 9.10. The van der Waals surface area contributed by atoms with Crippen LogP contribution in [0.4, 0.5) is 0 Å². The SMILES string of the molecule is CC(C)(C)SN=Cc1ccc(Br)cc1. The van der Waals surface area contributed by atoms with Crippen molar-refractivity contribution in [3.05, 3.63) is 34.3 Å². The van der Waals surface area contributed by atoms with Crippen molar-refractivity contribution < 1.29 is 0 Å². The first-order chi connectivity index (χ1) is 6.47. The smallest absolute Gasteiger partial charge is 0.0424 e. The summed E-state index contributed by atoms with van der Waals surface area (Å²) in [5.41, 5.74) is 1.13. The van der Waals surface area contributed by atoms with Crippen LogP contribution in [0.3, 0.4) is 0 Å². The molecule has 1 rings (SSSR count). The molecule has 0 amide bonds. The molecule has 0 aliphatic rings. The van der Waals surface area contributed by atoms with Crippen LogP contribution in [-0.2, 0) is 0 Å². The highest BCUT2D eigenvalue weighted by Gasteiger charge is 2.08. The highest BCUT2D eigenvalue weighted by atomic mass is 79.9. The van der Waals surface area contributed by atoms with E-state index in [1.54, 1.807) is 11.9 Å². The number of hydrogen-bond donors (Lipinski definition) is 0. The summed E-state index contributed by atoms with van der Waals surface area (Å²) in [4.78, 5) is 0. The van der Waals surface area contributed by atoms with Gasteiger partial charge in [0.25, 0.3) is 0 Å². The zero-order valence-corrected chi connectivity index (χ0v) is 11.0. The molecule has 0 bridgehead atoms. The Morgan fingerprint density at radius 1 is 1.21 bits per heavy atom. The van der Waals surface area contributed by atoms with Gasteiger partial charge < -0.3 is 0 Å². The Morgan fingerprint density at radius 3 is 2.29 bits per heavy atom. The molecule has 0 fully saturated rings. The summed E-state index contributed by atoms with van der Waals surface area (Å²) in [6, 6.07) is 8.11. The molecule has 0 atom stereocenters. The van der Waals surface area contributed by atoms with Gasteiger partial charge in [0.05, 0.1) is 0 Å². The van der Waals surface area contributed by atoms with Gasteiger partial charge in [-0.1, -0.05) is 28.1 Å². The maximum absolute atomic E-state index is 4.32. The van der Waals surface area contributed by atoms with E-state index in [0.29, 0.717) is 0 Å². The van der Waals surface area contributed by atoms with Crippen molar-refractivity contribution in [1.82, 2.24) is 0 Å². The van der Waals surface area contributed by atoms with Gasteiger partial charge in [0.15, 0.2) is 0 Å². The third kappa shape index (κ3) is 4.82. The zero-order chi connectivity index (χ0) is 10.6. The van der Waals surface area contributed by atoms with E-state index in [9.17, 15) is 0 Å². The van der Waals surface area contributed by atoms with Crippen LogP contribution in [0.15, 0.2) is 33.1 Å². The lowest BCUT2D eigenvalue weighted by Crippen LogP contribution is -2.04. The Labute approximate surface area is 98.3 Å². The van der Waals surface area contributed by atoms with E-state index in [-0.39, 0.29) is 4.75 Å². The maximum atomic E-state index is 4.32. The van der Waals surface area contributed by atoms with Crippen molar-refractivity contribution in [1.29, 1.82) is 0 Å². The summed E-state index contributed by atoms with van der Waals surface area (Å²) in [7, 11) is 0. The van der Waals surface area contributed by atoms with Gasteiger partial charge in [0.2, 0.25) is 0 Å². The lowest BCUT2D eigenvalue weighted by atomic mass is 10.2. The van der Waals surface area contributed by atoms with E-state index in [0.717, 1.165) is 10.0 Å². The molecule has 0 radical (unpaired) electrons. The van der Waals surface area contributed by atoms with E-state index in [4.69, 9.17) is 0 Å². The second kappa shape index (κ2) is 4.99. The van der Waals surface area contributed by atoms with Crippen LogP contribution in [0.1, 0.15) is 26.3 Å². The van der Waals surface area contributed by atoms with Crippen LogP contribution >= 0.6 is 27.9 Å². The van der Waals surface area contributed by atoms with Gasteiger partial charge in [-0.05, 0) is 50.4 Å². The van der Waals surface area contributed by atoms with Crippen molar-refractivity contribution in [2.24, 2.45) is 4.40 Å². The van der Waals surface area contributed by atoms with E-state index < -0.39 is 0 Å². The van der Waals surface area contributed by atoms with Crippen LogP contribution in [0, 0.1) is 0 Å². The van der Waals surface area contributed by atoms with Crippen LogP contribution in [0.25, 0.3) is 0 Å². The molecular formula is C11H14BrNS. The van der Waals surface area contributed by atoms with Crippen molar-refractivity contribution in [3.63, 3.8) is 0 Å². The second-order valence-electron chi connectivity index (χ2n) is 3.99. The van der Waals surface area contributed by atoms with Crippen molar-refractivity contribution >= 4 is 34.1 Å². The minimum absolute atomic E-state index is 0.186. The summed E-state index contributed by atoms with van der Waals surface area (Å²) in [6.45, 7) is 6.45. The molecule has 0 spiro atoms. The fraction of sp³-hybridized carbons (Fsp3) is 0.364. The minimum atomic E-state index is 0.186. The maximum Gasteiger partial charge on any atom is 0.0424 e. The zero-order valence-electron chi connectivity index (χ0n) is 8.62. The molecule has 0 aliphatic carbocycles. The molecule has 0 aliphatic heterocycles. The van der Waals surface area contributed by atoms with Crippen molar-refractivity contribution in [2.45, 2.75) is 25.5 Å². The Balaban J connectivity index is 2.57. The third-order valence-electron chi connectivity index (χ3n) is 1.40. The summed E-state index contributed by atoms with van der Waals surface area (Å²) < 4.78 is 5.60. The molecule has 0 saturated carbocycles. The lowest BCUT2D eigenvalue weighted by molar-refractivity contribution is 0.804. The minimum Gasteiger partial charge on any atom is -0.223 e. The first kappa shape index (κ1) is 11.8. The first-order valence-corrected chi connectivity index (χ1v) is 6.01. The summed E-state index contributed by atoms with van der Waals surface area (Å²) in [6.07, 6.45) is 1.89. The topological polar surface area (TPSA) is 12.4 Å². The molecule has 0 saturated heterocycles. The molecule has 3 heteroatoms. The molecule has 1 aromatic carbocycles. The monoisotopic (exact) mass is 271 g/mol. The molecule has 1 aromatic rings. The number of rotatable bonds is 2. The average Bonchev–Trinajstić information content (AvgIpc) is 2.06. The fourth-order valence-corrected chi connectivity index (χ4v) is 1.55. The lowest BCUT2D eigenvalue weighted by Gasteiger charge is -2.12. The van der Waals surface area contributed by atoms with Gasteiger partial charge in [0, 0.05) is 15.4 Å². The number of benzene rings is 1. The Morgan fingerprint density at radius 2 is 1.79 bits per heavy atom. The predicted molar refractivity (Wildman–Crippen MR) is 69.1 cm³/mol. The predicted octanol–water partition coefficient (Wildman–Crippen LogP) is 4.31. The number of hydrogen-bond acceptors (Lipinski definition) is 2. The number of nitrogens with zero attached hydrogens (tertiary/aromatic N) is 1. The number of halogens is 1. The van der Waals surface area contributed by atoms with E-state index in [2.05, 4.69) is 41.1 Å². The van der Waals surface area contributed by atoms with E-state index in [1.807, 2.05) is 30.5 Å². The first-order valence-electron chi connectivity index (χ1n) is 4.44. The van der Waals surface area contributed by atoms with Crippen LogP contribution in [-0.4, -0.2) is 11.0 Å². The van der Waals surface area contributed by atoms with Crippen molar-refractivity contribution in [3.8, 4) is 0 Å². The molecular weight excluding hydrogens is 258 g/mol. The quantitative estimate of drug-likeness (QED) is 0.577. The van der Waals surface area contributed by atoms with Gasteiger partial charge in [-0.15, -0.1) is 0 Å². The van der Waals surface area contributed by atoms with Gasteiger partial charge in [0.1, 0.15) is 0 Å². The average molecular weight is 272 g/mol. The van der Waals surface area contributed by atoms with Gasteiger partial charge in [-0.25, -0.2) is 4.40 Å². The van der Waals surface area contributed by atoms with Crippen LogP contribution in [0.2, 0.25) is 0 Å². The summed E-state index contributed by atoms with van der Waals surface area (Å²) in [5.74, 6) is 0. The standard InChI is InChI=1S/C11H14BrNS/c1-11(2,3)14-13-8-9-4-6-10(12)7-5-9/h4-8H,1-3H3. The molecule has 76 valence electrons. The summed E-state index contributed by atoms with van der Waals surface area (Å²) in [5, 5.41) is 0. The highest BCUT2D eigenvalue weighted by Crippen LogP contribution is 2.23. The molecule has 14 heavy (non-hydrogen) atoms. The van der Waals surface area contributed by atoms with Crippen LogP contribution < -0.4 is 0 Å². The van der Waals surface area contributed by atoms with Gasteiger partial charge in [-0.3, -0.25) is 0 Å². The van der Waals surface area contributed by atoms with Gasteiger partial charge in [-0.2, -0.15) is 0 Å². The summed E-state index contributed by atoms with van der Waals surface area (Å²) >= 11 is 4.99. The molecule has 1 nitrogen and oxygen atoms in total. The molecule has 0 heterocycles.